The fourth-order valence-corrected chi connectivity index (χ4v) is 1.95. The fraction of sp³-hybridized carbons (Fsp3) is 0.200. The highest BCUT2D eigenvalue weighted by Crippen LogP contribution is 2.27. The summed E-state index contributed by atoms with van der Waals surface area (Å²) in [4.78, 5) is 19.0. The van der Waals surface area contributed by atoms with Gasteiger partial charge < -0.3 is 10.3 Å². The first-order valence-electron chi connectivity index (χ1n) is 4.83. The maximum Gasteiger partial charge on any atom is 0.227 e. The Balaban J connectivity index is 2.30. The molecule has 6 nitrogen and oxygen atoms in total. The van der Waals surface area contributed by atoms with Crippen LogP contribution < -0.4 is 5.73 Å². The number of nitrogens with two attached hydrogens (primary N) is 1. The zero-order valence-corrected chi connectivity index (χ0v) is 9.90. The lowest BCUT2D eigenvalue weighted by Gasteiger charge is -2.02. The van der Waals surface area contributed by atoms with Crippen molar-refractivity contribution in [2.75, 3.05) is 5.75 Å². The van der Waals surface area contributed by atoms with E-state index < -0.39 is 5.91 Å². The molecule has 0 aliphatic carbocycles. The first-order chi connectivity index (χ1) is 8.16. The molecule has 0 aliphatic rings. The third-order valence-corrected chi connectivity index (χ3v) is 2.92. The summed E-state index contributed by atoms with van der Waals surface area (Å²) in [6.07, 6.45) is 1.64. The van der Waals surface area contributed by atoms with Gasteiger partial charge in [-0.05, 0) is 12.1 Å². The van der Waals surface area contributed by atoms with Crippen LogP contribution in [0, 0.1) is 6.92 Å². The SMILES string of the molecule is Cc1nc(-c2cccnc2SCC(N)=O)no1. The van der Waals surface area contributed by atoms with Crippen LogP contribution in [-0.4, -0.2) is 26.8 Å². The highest BCUT2D eigenvalue weighted by molar-refractivity contribution is 8.00. The summed E-state index contributed by atoms with van der Waals surface area (Å²) in [7, 11) is 0. The second kappa shape index (κ2) is 4.96. The van der Waals surface area contributed by atoms with Gasteiger partial charge in [0.1, 0.15) is 5.03 Å². The molecule has 2 heterocycles. The molecule has 0 saturated carbocycles. The number of carbonyl (C=O) groups is 1. The third kappa shape index (κ3) is 2.82. The lowest BCUT2D eigenvalue weighted by Crippen LogP contribution is -2.13. The minimum Gasteiger partial charge on any atom is -0.369 e. The number of thioether (sulfide) groups is 1. The smallest absolute Gasteiger partial charge is 0.227 e. The van der Waals surface area contributed by atoms with Crippen molar-refractivity contribution in [3.8, 4) is 11.4 Å². The van der Waals surface area contributed by atoms with Gasteiger partial charge in [0.05, 0.1) is 11.3 Å². The highest BCUT2D eigenvalue weighted by atomic mass is 32.2. The predicted octanol–water partition coefficient (Wildman–Crippen LogP) is 1.02. The first kappa shape index (κ1) is 11.6. The van der Waals surface area contributed by atoms with Crippen molar-refractivity contribution in [1.29, 1.82) is 0 Å². The predicted molar refractivity (Wildman–Crippen MR) is 62.2 cm³/mol. The van der Waals surface area contributed by atoms with Gasteiger partial charge in [-0.3, -0.25) is 4.79 Å². The van der Waals surface area contributed by atoms with E-state index in [2.05, 4.69) is 15.1 Å². The van der Waals surface area contributed by atoms with Gasteiger partial charge in [-0.25, -0.2) is 4.98 Å². The highest BCUT2D eigenvalue weighted by Gasteiger charge is 2.12. The van der Waals surface area contributed by atoms with Crippen molar-refractivity contribution in [3.63, 3.8) is 0 Å². The van der Waals surface area contributed by atoms with Gasteiger partial charge in [0.2, 0.25) is 17.6 Å². The van der Waals surface area contributed by atoms with E-state index in [1.165, 1.54) is 11.8 Å². The minimum atomic E-state index is -0.393. The molecule has 2 rings (SSSR count). The number of nitrogens with zero attached hydrogens (tertiary/aromatic N) is 3. The molecule has 0 aliphatic heterocycles. The molecule has 0 radical (unpaired) electrons. The molecule has 2 N–H and O–H groups in total. The van der Waals surface area contributed by atoms with E-state index in [-0.39, 0.29) is 5.75 Å². The monoisotopic (exact) mass is 250 g/mol. The molecule has 2 aromatic rings. The third-order valence-electron chi connectivity index (χ3n) is 1.89. The Morgan fingerprint density at radius 3 is 3.06 bits per heavy atom. The summed E-state index contributed by atoms with van der Waals surface area (Å²) in [5.74, 6) is 0.717. The van der Waals surface area contributed by atoms with Gasteiger partial charge in [0.15, 0.2) is 0 Å². The lowest BCUT2D eigenvalue weighted by molar-refractivity contribution is -0.115. The van der Waals surface area contributed by atoms with Crippen LogP contribution in [0.1, 0.15) is 5.89 Å². The van der Waals surface area contributed by atoms with Gasteiger partial charge in [0.25, 0.3) is 0 Å². The standard InChI is InChI=1S/C10H10N4O2S/c1-6-13-9(14-16-6)7-3-2-4-12-10(7)17-5-8(11)15/h2-4H,5H2,1H3,(H2,11,15). The van der Waals surface area contributed by atoms with Gasteiger partial charge in [-0.15, -0.1) is 0 Å². The van der Waals surface area contributed by atoms with E-state index in [9.17, 15) is 4.79 Å². The lowest BCUT2D eigenvalue weighted by atomic mass is 10.3. The average Bonchev–Trinajstić information content (AvgIpc) is 2.73. The molecule has 0 spiro atoms. The van der Waals surface area contributed by atoms with Crippen LogP contribution in [-0.2, 0) is 4.79 Å². The normalized spacial score (nSPS) is 10.4. The number of aryl methyl sites for hydroxylation is 1. The molecular weight excluding hydrogens is 240 g/mol. The number of pyridine rings is 1. The topological polar surface area (TPSA) is 94.9 Å². The van der Waals surface area contributed by atoms with Crippen LogP contribution in [0.15, 0.2) is 27.9 Å². The molecular formula is C10H10N4O2S. The number of carbonyl (C=O) groups excluding carboxylic acids is 1. The van der Waals surface area contributed by atoms with Crippen LogP contribution in [0.4, 0.5) is 0 Å². The van der Waals surface area contributed by atoms with Crippen LogP contribution in [0.25, 0.3) is 11.4 Å². The summed E-state index contributed by atoms with van der Waals surface area (Å²) in [5, 5.41) is 4.48. The van der Waals surface area contributed by atoms with Crippen LogP contribution >= 0.6 is 11.8 Å². The van der Waals surface area contributed by atoms with Crippen molar-refractivity contribution in [2.45, 2.75) is 11.9 Å². The summed E-state index contributed by atoms with van der Waals surface area (Å²) >= 11 is 1.25. The zero-order valence-electron chi connectivity index (χ0n) is 9.08. The van der Waals surface area contributed by atoms with E-state index in [0.29, 0.717) is 16.7 Å². The van der Waals surface area contributed by atoms with E-state index in [1.54, 1.807) is 19.2 Å². The van der Waals surface area contributed by atoms with E-state index in [0.717, 1.165) is 5.56 Å². The van der Waals surface area contributed by atoms with Crippen LogP contribution in [0.2, 0.25) is 0 Å². The summed E-state index contributed by atoms with van der Waals surface area (Å²) in [5.41, 5.74) is 5.83. The summed E-state index contributed by atoms with van der Waals surface area (Å²) < 4.78 is 4.91. The van der Waals surface area contributed by atoms with Crippen LogP contribution in [0.3, 0.4) is 0 Å². The van der Waals surface area contributed by atoms with E-state index >= 15 is 0 Å². The van der Waals surface area contributed by atoms with E-state index in [4.69, 9.17) is 10.3 Å². The van der Waals surface area contributed by atoms with Crippen molar-refractivity contribution in [2.24, 2.45) is 5.73 Å². The number of hydrogen-bond donors (Lipinski definition) is 1. The van der Waals surface area contributed by atoms with E-state index in [1.807, 2.05) is 6.07 Å². The molecule has 0 saturated heterocycles. The number of aromatic nitrogens is 3. The fourth-order valence-electron chi connectivity index (χ4n) is 1.22. The Morgan fingerprint density at radius 1 is 1.59 bits per heavy atom. The Hall–Kier alpha value is -1.89. The molecule has 0 fully saturated rings. The van der Waals surface area contributed by atoms with Crippen LogP contribution in [0.5, 0.6) is 0 Å². The Labute approximate surface area is 102 Å². The van der Waals surface area contributed by atoms with Gasteiger partial charge >= 0.3 is 0 Å². The Bertz CT molecular complexity index is 541. The quantitative estimate of drug-likeness (QED) is 0.814. The Kier molecular flexibility index (Phi) is 3.38. The largest absolute Gasteiger partial charge is 0.369 e. The molecule has 7 heteroatoms. The molecule has 0 atom stereocenters. The van der Waals surface area contributed by atoms with Gasteiger partial charge in [-0.2, -0.15) is 4.98 Å². The average molecular weight is 250 g/mol. The minimum absolute atomic E-state index is 0.168. The maximum atomic E-state index is 10.7. The zero-order chi connectivity index (χ0) is 12.3. The number of hydrogen-bond acceptors (Lipinski definition) is 6. The molecule has 17 heavy (non-hydrogen) atoms. The summed E-state index contributed by atoms with van der Waals surface area (Å²) in [6, 6.07) is 3.59. The van der Waals surface area contributed by atoms with Crippen molar-refractivity contribution in [3.05, 3.63) is 24.2 Å². The Morgan fingerprint density at radius 2 is 2.41 bits per heavy atom. The van der Waals surface area contributed by atoms with Gasteiger partial charge in [0, 0.05) is 13.1 Å². The number of primary amides is 1. The molecule has 0 unspecified atom stereocenters. The van der Waals surface area contributed by atoms with Crippen molar-refractivity contribution in [1.82, 2.24) is 15.1 Å². The summed E-state index contributed by atoms with van der Waals surface area (Å²) in [6.45, 7) is 1.71. The maximum absolute atomic E-state index is 10.7. The van der Waals surface area contributed by atoms with Crippen molar-refractivity contribution < 1.29 is 9.32 Å². The molecule has 88 valence electrons. The second-order valence-electron chi connectivity index (χ2n) is 3.25. The second-order valence-corrected chi connectivity index (χ2v) is 4.21. The van der Waals surface area contributed by atoms with Crippen molar-refractivity contribution >= 4 is 17.7 Å². The molecule has 0 bridgehead atoms. The first-order valence-corrected chi connectivity index (χ1v) is 5.82. The molecule has 0 aromatic carbocycles. The molecule has 2 aromatic heterocycles. The number of amides is 1. The molecule has 1 amide bonds. The number of rotatable bonds is 4. The van der Waals surface area contributed by atoms with Gasteiger partial charge in [-0.1, -0.05) is 16.9 Å².